The molecular weight excluding hydrogens is 155 g/mol. The van der Waals surface area contributed by atoms with Gasteiger partial charge in [-0.25, -0.2) is 4.79 Å². The molecule has 1 aliphatic heterocycles. The van der Waals surface area contributed by atoms with Crippen molar-refractivity contribution in [3.05, 3.63) is 0 Å². The van der Waals surface area contributed by atoms with Crippen LogP contribution in [0, 0.1) is 12.1 Å². The van der Waals surface area contributed by atoms with E-state index < -0.39 is 12.4 Å². The zero-order chi connectivity index (χ0) is 8.10. The van der Waals surface area contributed by atoms with Crippen LogP contribution in [0.1, 0.15) is 0 Å². The molecule has 60 valence electrons. The molecule has 0 amide bonds. The van der Waals surface area contributed by atoms with Crippen LogP contribution >= 0.6 is 0 Å². The molecule has 4 nitrogen and oxygen atoms in total. The van der Waals surface area contributed by atoms with Gasteiger partial charge in [0.25, 0.3) is 0 Å². The lowest BCUT2D eigenvalue weighted by Gasteiger charge is -2.02. The van der Waals surface area contributed by atoms with Crippen molar-refractivity contribution in [2.75, 3.05) is 13.2 Å². The van der Waals surface area contributed by atoms with Crippen molar-refractivity contribution in [1.82, 2.24) is 0 Å². The highest BCUT2D eigenvalue weighted by Crippen LogP contribution is 2.06. The molecule has 1 unspecified atom stereocenters. The lowest BCUT2D eigenvalue weighted by Crippen LogP contribution is -2.14. The van der Waals surface area contributed by atoms with Crippen molar-refractivity contribution in [1.29, 1.82) is 0 Å². The van der Waals surface area contributed by atoms with Gasteiger partial charge in [-0.15, -0.1) is 4.39 Å². The van der Waals surface area contributed by atoms with Crippen molar-refractivity contribution in [3.63, 3.8) is 0 Å². The summed E-state index contributed by atoms with van der Waals surface area (Å²) in [5.41, 5.74) is 0. The van der Waals surface area contributed by atoms with Crippen molar-refractivity contribution in [3.8, 4) is 12.1 Å². The maximum absolute atomic E-state index is 11.2. The Bertz CT molecular complexity index is 204. The summed E-state index contributed by atoms with van der Waals surface area (Å²) >= 11 is 0. The molecular formula is C6H5FO4. The van der Waals surface area contributed by atoms with E-state index in [1.807, 2.05) is 5.92 Å². The predicted molar refractivity (Wildman–Crippen MR) is 31.1 cm³/mol. The predicted octanol–water partition coefficient (Wildman–Crippen LogP) is 0.426. The lowest BCUT2D eigenvalue weighted by atomic mass is 10.7. The Hall–Kier alpha value is -1.28. The zero-order valence-electron chi connectivity index (χ0n) is 5.50. The lowest BCUT2D eigenvalue weighted by molar-refractivity contribution is -0.0642. The molecule has 0 radical (unpaired) electrons. The van der Waals surface area contributed by atoms with Crippen molar-refractivity contribution >= 4 is 6.16 Å². The third kappa shape index (κ3) is 2.43. The third-order valence-electron chi connectivity index (χ3n) is 0.973. The van der Waals surface area contributed by atoms with Crippen LogP contribution < -0.4 is 0 Å². The minimum Gasteiger partial charge on any atom is -0.428 e. The highest BCUT2D eigenvalue weighted by atomic mass is 19.1. The Morgan fingerprint density at radius 1 is 1.82 bits per heavy atom. The molecule has 0 aromatic rings. The van der Waals surface area contributed by atoms with E-state index in [0.717, 1.165) is 6.17 Å². The summed E-state index contributed by atoms with van der Waals surface area (Å²) in [6.45, 7) is -0.0788. The monoisotopic (exact) mass is 160 g/mol. The second kappa shape index (κ2) is 3.78. The van der Waals surface area contributed by atoms with E-state index in [-0.39, 0.29) is 13.2 Å². The van der Waals surface area contributed by atoms with Gasteiger partial charge in [-0.2, -0.15) is 0 Å². The molecule has 0 N–H and O–H groups in total. The summed E-state index contributed by atoms with van der Waals surface area (Å²) in [7, 11) is 0. The van der Waals surface area contributed by atoms with Crippen LogP contribution in [-0.4, -0.2) is 25.7 Å². The molecule has 1 heterocycles. The van der Waals surface area contributed by atoms with E-state index >= 15 is 0 Å². The Labute approximate surface area is 62.2 Å². The van der Waals surface area contributed by atoms with Crippen molar-refractivity contribution < 1.29 is 23.4 Å². The van der Waals surface area contributed by atoms with Gasteiger partial charge in [0.15, 0.2) is 6.61 Å². The Balaban J connectivity index is 2.16. The van der Waals surface area contributed by atoms with Gasteiger partial charge in [0, 0.05) is 0 Å². The summed E-state index contributed by atoms with van der Waals surface area (Å²) in [5, 5.41) is 0. The normalized spacial score (nSPS) is 21.5. The summed E-state index contributed by atoms with van der Waals surface area (Å²) in [4.78, 5) is 10.3. The molecule has 1 atom stereocenters. The highest BCUT2D eigenvalue weighted by molar-refractivity contribution is 5.61. The third-order valence-corrected chi connectivity index (χ3v) is 0.973. The number of carbonyl (C=O) groups excluding carboxylic acids is 1. The topological polar surface area (TPSA) is 44.8 Å². The van der Waals surface area contributed by atoms with Gasteiger partial charge in [0.2, 0.25) is 6.29 Å². The van der Waals surface area contributed by atoms with E-state index in [2.05, 4.69) is 9.47 Å². The van der Waals surface area contributed by atoms with E-state index in [9.17, 15) is 9.18 Å². The van der Waals surface area contributed by atoms with Gasteiger partial charge < -0.3 is 14.2 Å². The average Bonchev–Trinajstić information content (AvgIpc) is 2.37. The second-order valence-electron chi connectivity index (χ2n) is 1.69. The standard InChI is InChI=1S/C6H5FO4/c7-2-1-3-9-5-4-10-6(8)11-5/h5H,3-4H2. The van der Waals surface area contributed by atoms with Crippen LogP contribution in [0.4, 0.5) is 9.18 Å². The molecule has 0 aliphatic carbocycles. The highest BCUT2D eigenvalue weighted by Gasteiger charge is 2.24. The zero-order valence-corrected chi connectivity index (χ0v) is 5.50. The fourth-order valence-corrected chi connectivity index (χ4v) is 0.555. The summed E-state index contributed by atoms with van der Waals surface area (Å²) < 4.78 is 24.7. The fourth-order valence-electron chi connectivity index (χ4n) is 0.555. The number of rotatable bonds is 2. The maximum Gasteiger partial charge on any atom is 0.510 e. The van der Waals surface area contributed by atoms with Gasteiger partial charge in [-0.05, 0) is 5.92 Å². The van der Waals surface area contributed by atoms with E-state index in [1.54, 1.807) is 0 Å². The molecule has 11 heavy (non-hydrogen) atoms. The Morgan fingerprint density at radius 2 is 2.64 bits per heavy atom. The fraction of sp³-hybridized carbons (Fsp3) is 0.500. The van der Waals surface area contributed by atoms with E-state index in [0.29, 0.717) is 0 Å². The van der Waals surface area contributed by atoms with Gasteiger partial charge >= 0.3 is 6.16 Å². The van der Waals surface area contributed by atoms with Gasteiger partial charge in [0.1, 0.15) is 12.8 Å². The van der Waals surface area contributed by atoms with Crippen LogP contribution in [-0.2, 0) is 14.2 Å². The van der Waals surface area contributed by atoms with Gasteiger partial charge in [-0.1, -0.05) is 0 Å². The smallest absolute Gasteiger partial charge is 0.428 e. The minimum absolute atomic E-state index is 0.0345. The molecule has 0 saturated carbocycles. The molecule has 0 aromatic carbocycles. The summed E-state index contributed by atoms with van der Waals surface area (Å²) in [5.74, 6) is 2.00. The number of cyclic esters (lactones) is 2. The van der Waals surface area contributed by atoms with Crippen molar-refractivity contribution in [2.24, 2.45) is 0 Å². The summed E-state index contributed by atoms with van der Waals surface area (Å²) in [6.07, 6.45) is -0.375. The first-order valence-corrected chi connectivity index (χ1v) is 2.86. The van der Waals surface area contributed by atoms with Crippen LogP contribution in [0.2, 0.25) is 0 Å². The molecule has 5 heteroatoms. The second-order valence-corrected chi connectivity index (χ2v) is 1.69. The maximum atomic E-state index is 11.2. The Kier molecular flexibility index (Phi) is 2.69. The van der Waals surface area contributed by atoms with Gasteiger partial charge in [-0.3, -0.25) is 0 Å². The summed E-state index contributed by atoms with van der Waals surface area (Å²) in [6, 6.07) is 0. The van der Waals surface area contributed by atoms with Crippen LogP contribution in [0.15, 0.2) is 0 Å². The van der Waals surface area contributed by atoms with Crippen molar-refractivity contribution in [2.45, 2.75) is 6.29 Å². The van der Waals surface area contributed by atoms with Crippen LogP contribution in [0.25, 0.3) is 0 Å². The molecule has 1 rings (SSSR count). The number of carbonyl (C=O) groups is 1. The van der Waals surface area contributed by atoms with Gasteiger partial charge in [0.05, 0.1) is 0 Å². The molecule has 1 saturated heterocycles. The first kappa shape index (κ1) is 7.82. The number of ether oxygens (including phenoxy) is 3. The molecule has 1 fully saturated rings. The number of hydrogen-bond acceptors (Lipinski definition) is 4. The Morgan fingerprint density at radius 3 is 3.18 bits per heavy atom. The number of hydrogen-bond donors (Lipinski definition) is 0. The minimum atomic E-state index is -0.775. The molecule has 0 bridgehead atoms. The van der Waals surface area contributed by atoms with E-state index in [4.69, 9.17) is 4.74 Å². The molecule has 0 aromatic heterocycles. The number of halogens is 1. The molecule has 0 spiro atoms. The van der Waals surface area contributed by atoms with Crippen LogP contribution in [0.3, 0.4) is 0 Å². The molecule has 1 aliphatic rings. The SMILES string of the molecule is O=C1OCC(OCC#CF)O1. The van der Waals surface area contributed by atoms with E-state index in [1.165, 1.54) is 0 Å². The van der Waals surface area contributed by atoms with Crippen LogP contribution in [0.5, 0.6) is 0 Å². The first-order chi connectivity index (χ1) is 5.33. The average molecular weight is 160 g/mol. The quantitative estimate of drug-likeness (QED) is 0.434. The first-order valence-electron chi connectivity index (χ1n) is 2.86. The largest absolute Gasteiger partial charge is 0.510 e.